The van der Waals surface area contributed by atoms with Gasteiger partial charge in [0, 0.05) is 12.2 Å². The lowest BCUT2D eigenvalue weighted by atomic mass is 10.2. The lowest BCUT2D eigenvalue weighted by molar-refractivity contribution is 0.601. The van der Waals surface area contributed by atoms with Gasteiger partial charge >= 0.3 is 0 Å². The van der Waals surface area contributed by atoms with Crippen LogP contribution < -0.4 is 10.0 Å². The highest BCUT2D eigenvalue weighted by Gasteiger charge is 2.19. The molecule has 5 nitrogen and oxygen atoms in total. The largest absolute Gasteiger partial charge is 0.316 e. The van der Waals surface area contributed by atoms with Crippen molar-refractivity contribution >= 4 is 27.4 Å². The highest BCUT2D eigenvalue weighted by atomic mass is 35.5. The van der Waals surface area contributed by atoms with Crippen LogP contribution in [0.25, 0.3) is 0 Å². The predicted octanol–water partition coefficient (Wildman–Crippen LogP) is 2.56. The molecule has 0 saturated heterocycles. The van der Waals surface area contributed by atoms with Gasteiger partial charge in [0.25, 0.3) is 10.0 Å². The van der Waals surface area contributed by atoms with Gasteiger partial charge in [0.1, 0.15) is 10.7 Å². The molecule has 0 bridgehead atoms. The van der Waals surface area contributed by atoms with Gasteiger partial charge in [-0.3, -0.25) is 4.72 Å². The van der Waals surface area contributed by atoms with E-state index in [1.165, 1.54) is 0 Å². The number of nitrogens with zero attached hydrogens (tertiary/aromatic N) is 1. The highest BCUT2D eigenvalue weighted by Crippen LogP contribution is 2.24. The van der Waals surface area contributed by atoms with Crippen molar-refractivity contribution < 1.29 is 8.42 Å². The zero-order valence-electron chi connectivity index (χ0n) is 11.7. The lowest BCUT2D eigenvalue weighted by Gasteiger charge is -2.11. The van der Waals surface area contributed by atoms with Gasteiger partial charge in [0.2, 0.25) is 0 Å². The van der Waals surface area contributed by atoms with E-state index < -0.39 is 10.0 Å². The molecule has 2 N–H and O–H groups in total. The van der Waals surface area contributed by atoms with Gasteiger partial charge in [0.05, 0.1) is 5.02 Å². The number of rotatable bonds is 5. The van der Waals surface area contributed by atoms with E-state index in [0.29, 0.717) is 6.54 Å². The molecular weight excluding hydrogens is 310 g/mol. The minimum atomic E-state index is -3.77. The maximum Gasteiger partial charge on any atom is 0.264 e. The molecule has 0 aliphatic rings. The molecule has 0 radical (unpaired) electrons. The second-order valence-corrected chi connectivity index (χ2v) is 6.62. The van der Waals surface area contributed by atoms with Gasteiger partial charge in [-0.05, 0) is 43.8 Å². The first-order valence-corrected chi connectivity index (χ1v) is 8.18. The minimum absolute atomic E-state index is 0.0419. The first kappa shape index (κ1) is 15.8. The van der Waals surface area contributed by atoms with Crippen molar-refractivity contribution in [2.45, 2.75) is 18.4 Å². The summed E-state index contributed by atoms with van der Waals surface area (Å²) >= 11 is 6.02. The number of anilines is 1. The van der Waals surface area contributed by atoms with E-state index in [0.717, 1.165) is 11.3 Å². The summed E-state index contributed by atoms with van der Waals surface area (Å²) in [5, 5.41) is 3.14. The van der Waals surface area contributed by atoms with Crippen LogP contribution in [0.5, 0.6) is 0 Å². The molecule has 112 valence electrons. The Bertz CT molecular complexity index is 748. The Labute approximate surface area is 129 Å². The van der Waals surface area contributed by atoms with Gasteiger partial charge in [-0.15, -0.1) is 0 Å². The number of aromatic nitrogens is 1. The number of halogens is 1. The first-order valence-electron chi connectivity index (χ1n) is 6.32. The monoisotopic (exact) mass is 325 g/mol. The molecule has 0 saturated carbocycles. The maximum atomic E-state index is 12.4. The molecule has 0 fully saturated rings. The maximum absolute atomic E-state index is 12.4. The van der Waals surface area contributed by atoms with E-state index in [1.807, 2.05) is 0 Å². The van der Waals surface area contributed by atoms with Crippen LogP contribution in [0.3, 0.4) is 0 Å². The van der Waals surface area contributed by atoms with Gasteiger partial charge in [-0.2, -0.15) is 0 Å². The second-order valence-electron chi connectivity index (χ2n) is 4.56. The van der Waals surface area contributed by atoms with Crippen LogP contribution in [0.1, 0.15) is 11.3 Å². The van der Waals surface area contributed by atoms with Crippen molar-refractivity contribution in [1.82, 2.24) is 10.3 Å². The van der Waals surface area contributed by atoms with Gasteiger partial charge < -0.3 is 5.32 Å². The van der Waals surface area contributed by atoms with Gasteiger partial charge in [0.15, 0.2) is 0 Å². The summed E-state index contributed by atoms with van der Waals surface area (Å²) in [6.45, 7) is 2.35. The highest BCUT2D eigenvalue weighted by molar-refractivity contribution is 7.92. The van der Waals surface area contributed by atoms with Gasteiger partial charge in [-0.25, -0.2) is 13.4 Å². The molecule has 0 aliphatic carbocycles. The topological polar surface area (TPSA) is 71.1 Å². The van der Waals surface area contributed by atoms with Crippen molar-refractivity contribution in [2.24, 2.45) is 0 Å². The van der Waals surface area contributed by atoms with Crippen molar-refractivity contribution in [2.75, 3.05) is 11.8 Å². The van der Waals surface area contributed by atoms with Crippen LogP contribution in [0.15, 0.2) is 41.3 Å². The van der Waals surface area contributed by atoms with E-state index >= 15 is 0 Å². The van der Waals surface area contributed by atoms with E-state index in [2.05, 4.69) is 15.0 Å². The van der Waals surface area contributed by atoms with E-state index in [1.54, 1.807) is 50.4 Å². The lowest BCUT2D eigenvalue weighted by Crippen LogP contribution is -2.15. The zero-order chi connectivity index (χ0) is 15.5. The third kappa shape index (κ3) is 3.93. The minimum Gasteiger partial charge on any atom is -0.316 e. The average Bonchev–Trinajstić information content (AvgIpc) is 2.40. The summed E-state index contributed by atoms with van der Waals surface area (Å²) in [4.78, 5) is 4.17. The van der Waals surface area contributed by atoms with E-state index in [4.69, 9.17) is 11.6 Å². The molecule has 2 aromatic rings. The second kappa shape index (κ2) is 6.43. The van der Waals surface area contributed by atoms with Crippen LogP contribution in [0.4, 0.5) is 5.82 Å². The molecule has 2 rings (SSSR count). The van der Waals surface area contributed by atoms with Crippen LogP contribution in [0, 0.1) is 6.92 Å². The van der Waals surface area contributed by atoms with Crippen molar-refractivity contribution in [3.63, 3.8) is 0 Å². The number of pyridine rings is 1. The Kier molecular flexibility index (Phi) is 4.82. The van der Waals surface area contributed by atoms with Gasteiger partial charge in [-0.1, -0.05) is 23.7 Å². The quantitative estimate of drug-likeness (QED) is 0.886. The normalized spacial score (nSPS) is 11.4. The molecule has 0 atom stereocenters. The Hall–Kier alpha value is -1.63. The molecule has 21 heavy (non-hydrogen) atoms. The molecule has 0 aliphatic heterocycles. The Balaban J connectivity index is 2.37. The van der Waals surface area contributed by atoms with Crippen molar-refractivity contribution in [3.8, 4) is 0 Å². The summed E-state index contributed by atoms with van der Waals surface area (Å²) in [6, 6.07) is 10.0. The van der Waals surface area contributed by atoms with E-state index in [-0.39, 0.29) is 15.7 Å². The number of hydrogen-bond donors (Lipinski definition) is 2. The average molecular weight is 326 g/mol. The molecule has 0 unspecified atom stereocenters. The molecule has 1 aromatic carbocycles. The van der Waals surface area contributed by atoms with Crippen molar-refractivity contribution in [1.29, 1.82) is 0 Å². The fourth-order valence-corrected chi connectivity index (χ4v) is 3.41. The third-order valence-corrected chi connectivity index (χ3v) is 4.63. The van der Waals surface area contributed by atoms with Crippen LogP contribution in [0.2, 0.25) is 5.02 Å². The molecule has 1 aromatic heterocycles. The SMILES string of the molecule is CNCc1ccc(Cl)c(S(=O)(=O)Nc2cccc(C)n2)c1. The van der Waals surface area contributed by atoms with E-state index in [9.17, 15) is 8.42 Å². The summed E-state index contributed by atoms with van der Waals surface area (Å²) < 4.78 is 27.3. The smallest absolute Gasteiger partial charge is 0.264 e. The van der Waals surface area contributed by atoms with Crippen molar-refractivity contribution in [3.05, 3.63) is 52.7 Å². The molecule has 0 amide bonds. The summed E-state index contributed by atoms with van der Waals surface area (Å²) in [5.41, 5.74) is 1.56. The Morgan fingerprint density at radius 2 is 2.00 bits per heavy atom. The fraction of sp³-hybridized carbons (Fsp3) is 0.214. The molecule has 7 heteroatoms. The van der Waals surface area contributed by atoms with Crippen LogP contribution in [-0.2, 0) is 16.6 Å². The summed E-state index contributed by atoms with van der Waals surface area (Å²) in [6.07, 6.45) is 0. The molecule has 0 spiro atoms. The molecule has 1 heterocycles. The third-order valence-electron chi connectivity index (χ3n) is 2.79. The Morgan fingerprint density at radius 1 is 1.24 bits per heavy atom. The number of nitrogens with one attached hydrogen (secondary N) is 2. The first-order chi connectivity index (χ1) is 9.92. The summed E-state index contributed by atoms with van der Waals surface area (Å²) in [7, 11) is -1.98. The van der Waals surface area contributed by atoms with Crippen LogP contribution >= 0.6 is 11.6 Å². The predicted molar refractivity (Wildman–Crippen MR) is 84.0 cm³/mol. The number of hydrogen-bond acceptors (Lipinski definition) is 4. The summed E-state index contributed by atoms with van der Waals surface area (Å²) in [5.74, 6) is 0.269. The molecular formula is C14H16ClN3O2S. The standard InChI is InChI=1S/C14H16ClN3O2S/c1-10-4-3-5-14(17-10)18-21(19,20)13-8-11(9-16-2)6-7-12(13)15/h3-8,16H,9H2,1-2H3,(H,17,18). The number of sulfonamides is 1. The Morgan fingerprint density at radius 3 is 2.67 bits per heavy atom. The number of aryl methyl sites for hydroxylation is 1. The number of benzene rings is 1. The fourth-order valence-electron chi connectivity index (χ4n) is 1.86. The zero-order valence-corrected chi connectivity index (χ0v) is 13.3. The van der Waals surface area contributed by atoms with Crippen LogP contribution in [-0.4, -0.2) is 20.4 Å².